The van der Waals surface area contributed by atoms with Crippen LogP contribution in [0, 0.1) is 0 Å². The zero-order valence-corrected chi connectivity index (χ0v) is 14.7. The monoisotopic (exact) mass is 366 g/mol. The molecule has 2 rings (SSSR count). The van der Waals surface area contributed by atoms with Gasteiger partial charge in [0.25, 0.3) is 11.0 Å². The minimum atomic E-state index is -2.92. The van der Waals surface area contributed by atoms with E-state index in [1.165, 1.54) is 14.0 Å². The molecule has 9 heteroatoms. The molecule has 1 amide bonds. The maximum Gasteiger partial charge on any atom is 0.257 e. The third-order valence-electron chi connectivity index (χ3n) is 3.72. The molecule has 25 heavy (non-hydrogen) atoms. The minimum absolute atomic E-state index is 0.0212. The number of carbonyl (C=O) groups excluding carboxylic acids is 3. The molecular weight excluding hydrogens is 348 g/mol. The number of allylic oxidation sites excluding steroid dienone is 2. The normalized spacial score (nSPS) is 13.9. The summed E-state index contributed by atoms with van der Waals surface area (Å²) in [5, 5.41) is 2.84. The van der Waals surface area contributed by atoms with Crippen molar-refractivity contribution in [1.82, 2.24) is 10.2 Å². The SMILES string of the molecule is CC(=O)N(C)C1=C(NCCCO[SH](=O)=O)C(=O)c2ccccc2C1=O. The third-order valence-corrected chi connectivity index (χ3v) is 4.12. The number of carbonyl (C=O) groups is 3. The number of nitrogens with zero attached hydrogens (tertiary/aromatic N) is 1. The van der Waals surface area contributed by atoms with Gasteiger partial charge in [0.1, 0.15) is 11.4 Å². The molecule has 0 unspecified atom stereocenters. The first-order valence-corrected chi connectivity index (χ1v) is 8.62. The van der Waals surface area contributed by atoms with Crippen LogP contribution >= 0.6 is 0 Å². The third kappa shape index (κ3) is 4.12. The summed E-state index contributed by atoms with van der Waals surface area (Å²) in [6, 6.07) is 6.39. The molecule has 0 saturated heterocycles. The predicted octanol–water partition coefficient (Wildman–Crippen LogP) is 0.278. The largest absolute Gasteiger partial charge is 0.380 e. The maximum absolute atomic E-state index is 12.7. The van der Waals surface area contributed by atoms with Crippen molar-refractivity contribution >= 4 is 28.5 Å². The van der Waals surface area contributed by atoms with Crippen LogP contribution in [0.2, 0.25) is 0 Å². The van der Waals surface area contributed by atoms with Crippen LogP contribution in [0.5, 0.6) is 0 Å². The molecule has 0 atom stereocenters. The molecule has 0 saturated carbocycles. The molecule has 0 fully saturated rings. The van der Waals surface area contributed by atoms with Crippen LogP contribution < -0.4 is 5.32 Å². The summed E-state index contributed by atoms with van der Waals surface area (Å²) in [5.74, 6) is -1.20. The highest BCUT2D eigenvalue weighted by molar-refractivity contribution is 7.67. The zero-order chi connectivity index (χ0) is 18.6. The number of thiol groups is 1. The van der Waals surface area contributed by atoms with Gasteiger partial charge >= 0.3 is 0 Å². The van der Waals surface area contributed by atoms with Gasteiger partial charge in [0.05, 0.1) is 6.61 Å². The van der Waals surface area contributed by atoms with Crippen molar-refractivity contribution in [2.24, 2.45) is 0 Å². The first-order chi connectivity index (χ1) is 11.8. The second-order valence-electron chi connectivity index (χ2n) is 5.34. The maximum atomic E-state index is 12.7. The second kappa shape index (κ2) is 8.04. The topological polar surface area (TPSA) is 110 Å². The van der Waals surface area contributed by atoms with Gasteiger partial charge in [-0.05, 0) is 6.42 Å². The predicted molar refractivity (Wildman–Crippen MR) is 89.5 cm³/mol. The van der Waals surface area contributed by atoms with E-state index in [0.29, 0.717) is 6.42 Å². The smallest absolute Gasteiger partial charge is 0.257 e. The number of Topliss-reactive ketones (excluding diaryl/α,β-unsaturated/α-hetero) is 2. The summed E-state index contributed by atoms with van der Waals surface area (Å²) in [4.78, 5) is 38.3. The highest BCUT2D eigenvalue weighted by Crippen LogP contribution is 2.26. The van der Waals surface area contributed by atoms with E-state index in [1.54, 1.807) is 24.3 Å². The highest BCUT2D eigenvalue weighted by atomic mass is 32.2. The molecule has 8 nitrogen and oxygen atoms in total. The number of rotatable bonds is 7. The number of hydrogen-bond donors (Lipinski definition) is 2. The van der Waals surface area contributed by atoms with Gasteiger partial charge in [-0.15, -0.1) is 0 Å². The standard InChI is InChI=1S/C16H18N2O6S/c1-10(19)18(2)14-13(17-8-5-9-24-25(22)23)15(20)11-6-3-4-7-12(11)16(14)21/h3-4,6-7,17,25H,5,8-9H2,1-2H3. The average molecular weight is 366 g/mol. The van der Waals surface area contributed by atoms with Crippen molar-refractivity contribution in [3.63, 3.8) is 0 Å². The summed E-state index contributed by atoms with van der Waals surface area (Å²) < 4.78 is 25.1. The Bertz CT molecular complexity index is 820. The Labute approximate surface area is 146 Å². The molecule has 0 bridgehead atoms. The average Bonchev–Trinajstić information content (AvgIpc) is 2.58. The van der Waals surface area contributed by atoms with Gasteiger partial charge < -0.3 is 10.2 Å². The van der Waals surface area contributed by atoms with E-state index in [0.717, 1.165) is 4.90 Å². The molecule has 1 aliphatic carbocycles. The van der Waals surface area contributed by atoms with E-state index in [2.05, 4.69) is 9.50 Å². The molecule has 0 radical (unpaired) electrons. The van der Waals surface area contributed by atoms with Gasteiger partial charge in [-0.25, -0.2) is 8.42 Å². The summed E-state index contributed by atoms with van der Waals surface area (Å²) in [6.45, 7) is 1.45. The Morgan fingerprint density at radius 3 is 2.32 bits per heavy atom. The van der Waals surface area contributed by atoms with E-state index in [9.17, 15) is 22.8 Å². The van der Waals surface area contributed by atoms with Crippen LogP contribution in [0.3, 0.4) is 0 Å². The molecule has 1 aromatic rings. The van der Waals surface area contributed by atoms with Crippen LogP contribution in [0.15, 0.2) is 35.7 Å². The van der Waals surface area contributed by atoms with Crippen molar-refractivity contribution in [2.75, 3.05) is 20.2 Å². The van der Waals surface area contributed by atoms with Crippen molar-refractivity contribution < 1.29 is 27.0 Å². The Balaban J connectivity index is 2.31. The Morgan fingerprint density at radius 1 is 1.16 bits per heavy atom. The molecule has 1 aliphatic rings. The number of benzene rings is 1. The van der Waals surface area contributed by atoms with E-state index < -0.39 is 22.6 Å². The summed E-state index contributed by atoms with van der Waals surface area (Å²) in [5.41, 5.74) is 0.502. The van der Waals surface area contributed by atoms with Crippen molar-refractivity contribution in [1.29, 1.82) is 0 Å². The zero-order valence-electron chi connectivity index (χ0n) is 13.8. The minimum Gasteiger partial charge on any atom is -0.380 e. The Kier molecular flexibility index (Phi) is 6.05. The lowest BCUT2D eigenvalue weighted by Gasteiger charge is -2.27. The lowest BCUT2D eigenvalue weighted by Crippen LogP contribution is -2.39. The number of fused-ring (bicyclic) bond motifs is 1. The van der Waals surface area contributed by atoms with Gasteiger partial charge in [-0.2, -0.15) is 0 Å². The van der Waals surface area contributed by atoms with Gasteiger partial charge in [0, 0.05) is 31.6 Å². The molecule has 0 aromatic heterocycles. The first kappa shape index (κ1) is 18.8. The Hall–Kier alpha value is -2.52. The molecule has 0 spiro atoms. The summed E-state index contributed by atoms with van der Waals surface area (Å²) in [7, 11) is -1.50. The molecular formula is C16H18N2O6S. The highest BCUT2D eigenvalue weighted by Gasteiger charge is 2.34. The first-order valence-electron chi connectivity index (χ1n) is 7.52. The number of amides is 1. The lowest BCUT2D eigenvalue weighted by molar-refractivity contribution is -0.125. The van der Waals surface area contributed by atoms with Gasteiger partial charge in [-0.1, -0.05) is 24.3 Å². The Morgan fingerprint density at radius 2 is 1.76 bits per heavy atom. The van der Waals surface area contributed by atoms with Crippen molar-refractivity contribution in [3.05, 3.63) is 46.8 Å². The van der Waals surface area contributed by atoms with Crippen LogP contribution in [0.1, 0.15) is 34.1 Å². The van der Waals surface area contributed by atoms with Crippen LogP contribution in [0.4, 0.5) is 0 Å². The molecule has 0 heterocycles. The molecule has 1 aromatic carbocycles. The van der Waals surface area contributed by atoms with E-state index in [4.69, 9.17) is 0 Å². The molecule has 0 aliphatic heterocycles. The number of hydrogen-bond acceptors (Lipinski definition) is 7. The summed E-state index contributed by atoms with van der Waals surface area (Å²) in [6.07, 6.45) is 0.299. The van der Waals surface area contributed by atoms with E-state index >= 15 is 0 Å². The fourth-order valence-corrected chi connectivity index (χ4v) is 2.71. The quantitative estimate of drug-likeness (QED) is 0.527. The van der Waals surface area contributed by atoms with Crippen LogP contribution in [0.25, 0.3) is 0 Å². The van der Waals surface area contributed by atoms with Crippen molar-refractivity contribution in [2.45, 2.75) is 13.3 Å². The lowest BCUT2D eigenvalue weighted by atomic mass is 9.89. The van der Waals surface area contributed by atoms with Gasteiger partial charge in [0.2, 0.25) is 17.5 Å². The van der Waals surface area contributed by atoms with Gasteiger partial charge in [-0.3, -0.25) is 18.6 Å². The van der Waals surface area contributed by atoms with E-state index in [1.807, 2.05) is 0 Å². The fraction of sp³-hybridized carbons (Fsp3) is 0.312. The molecule has 1 N–H and O–H groups in total. The number of nitrogens with one attached hydrogen (secondary N) is 1. The summed E-state index contributed by atoms with van der Waals surface area (Å²) >= 11 is 0. The van der Waals surface area contributed by atoms with E-state index in [-0.39, 0.29) is 41.6 Å². The van der Waals surface area contributed by atoms with Crippen LogP contribution in [-0.4, -0.2) is 51.0 Å². The van der Waals surface area contributed by atoms with Crippen molar-refractivity contribution in [3.8, 4) is 0 Å². The fourth-order valence-electron chi connectivity index (χ4n) is 2.43. The van der Waals surface area contributed by atoms with Gasteiger partial charge in [0.15, 0.2) is 0 Å². The second-order valence-corrected chi connectivity index (χ2v) is 6.05. The van der Waals surface area contributed by atoms with Crippen LogP contribution in [-0.2, 0) is 20.0 Å². The number of likely N-dealkylation sites (N-methyl/N-ethyl adjacent to an activating group) is 1. The molecule has 134 valence electrons. The number of ketones is 2.